The summed E-state index contributed by atoms with van der Waals surface area (Å²) in [7, 11) is 1.49. The molecule has 1 aliphatic heterocycles. The molecule has 0 aliphatic carbocycles. The Bertz CT molecular complexity index is 1980. The van der Waals surface area contributed by atoms with Gasteiger partial charge in [-0.3, -0.25) is 14.0 Å². The number of carbonyl (C=O) groups excluding carboxylic acids is 1. The third-order valence-corrected chi connectivity index (χ3v) is 7.98. The lowest BCUT2D eigenvalue weighted by Gasteiger charge is -2.39. The van der Waals surface area contributed by atoms with Crippen LogP contribution in [0.25, 0.3) is 39.2 Å². The van der Waals surface area contributed by atoms with Gasteiger partial charge in [0, 0.05) is 47.7 Å². The Morgan fingerprint density at radius 3 is 2.37 bits per heavy atom. The Kier molecular flexibility index (Phi) is 7.43. The maximum Gasteiger partial charge on any atom is 0.405 e. The number of methoxy groups -OCH3 is 1. The van der Waals surface area contributed by atoms with Gasteiger partial charge in [0.1, 0.15) is 5.65 Å². The number of carbonyl (C=O) groups is 2. The van der Waals surface area contributed by atoms with E-state index in [1.54, 1.807) is 24.5 Å². The minimum absolute atomic E-state index is 0.0287. The number of hydrogen-bond acceptors (Lipinski definition) is 8. The number of nitrogens with one attached hydrogen (secondary N) is 1. The molecule has 5 aromatic rings. The number of fused-ring (bicyclic) bond motifs is 1. The van der Waals surface area contributed by atoms with Crippen molar-refractivity contribution in [1.82, 2.24) is 24.7 Å². The minimum Gasteiger partial charge on any atom is -0.478 e. The summed E-state index contributed by atoms with van der Waals surface area (Å²) in [5, 5.41) is 12.2. The van der Waals surface area contributed by atoms with Crippen LogP contribution in [0.2, 0.25) is 10.0 Å². The van der Waals surface area contributed by atoms with Crippen LogP contribution in [0, 0.1) is 0 Å². The van der Waals surface area contributed by atoms with Gasteiger partial charge in [0.2, 0.25) is 0 Å². The molecule has 6 rings (SSSR count). The quantitative estimate of drug-likeness (QED) is 0.240. The highest BCUT2D eigenvalue weighted by molar-refractivity contribution is 6.39. The van der Waals surface area contributed by atoms with Gasteiger partial charge in [0.15, 0.2) is 12.1 Å². The van der Waals surface area contributed by atoms with Crippen molar-refractivity contribution in [3.8, 4) is 39.4 Å². The van der Waals surface area contributed by atoms with Gasteiger partial charge in [0.25, 0.3) is 11.4 Å². The Labute approximate surface area is 254 Å². The predicted octanol–water partition coefficient (Wildman–Crippen LogP) is 5.07. The lowest BCUT2D eigenvalue weighted by molar-refractivity contribution is 0.112. The van der Waals surface area contributed by atoms with Gasteiger partial charge in [-0.1, -0.05) is 59.6 Å². The Morgan fingerprint density at radius 1 is 1.02 bits per heavy atom. The van der Waals surface area contributed by atoms with Gasteiger partial charge in [-0.15, -0.1) is 0 Å². The number of hydrogen-bond donors (Lipinski definition) is 2. The molecule has 1 saturated heterocycles. The summed E-state index contributed by atoms with van der Waals surface area (Å²) in [6, 6.07) is 14.4. The number of amides is 1. The van der Waals surface area contributed by atoms with Crippen LogP contribution in [-0.4, -0.2) is 63.1 Å². The van der Waals surface area contributed by atoms with Crippen molar-refractivity contribution in [2.45, 2.75) is 6.04 Å². The normalized spacial score (nSPS) is 13.0. The van der Waals surface area contributed by atoms with Gasteiger partial charge in [0.05, 0.1) is 40.7 Å². The average molecular weight is 617 g/mol. The van der Waals surface area contributed by atoms with Crippen molar-refractivity contribution < 1.29 is 19.4 Å². The fraction of sp³-hybridized carbons (Fsp3) is 0.133. The fourth-order valence-corrected chi connectivity index (χ4v) is 5.67. The monoisotopic (exact) mass is 616 g/mol. The molecule has 2 aromatic carbocycles. The topological polar surface area (TPSA) is 139 Å². The van der Waals surface area contributed by atoms with E-state index in [2.05, 4.69) is 20.3 Å². The molecule has 0 unspecified atom stereocenters. The van der Waals surface area contributed by atoms with E-state index in [-0.39, 0.29) is 17.5 Å². The number of aldehydes is 1. The second-order valence-electron chi connectivity index (χ2n) is 9.75. The maximum absolute atomic E-state index is 12.5. The Morgan fingerprint density at radius 2 is 1.70 bits per heavy atom. The van der Waals surface area contributed by atoms with Crippen LogP contribution < -0.4 is 20.5 Å². The second-order valence-corrected chi connectivity index (χ2v) is 10.5. The molecule has 43 heavy (non-hydrogen) atoms. The number of benzene rings is 2. The number of rotatable bonds is 7. The molecule has 216 valence electrons. The summed E-state index contributed by atoms with van der Waals surface area (Å²) in [5.74, 6) is 0.796. The van der Waals surface area contributed by atoms with Crippen LogP contribution in [-0.2, 0) is 0 Å². The number of carboxylic acid groups (broad SMARTS) is 1. The molecule has 2 N–H and O–H groups in total. The molecule has 11 nitrogen and oxygen atoms in total. The van der Waals surface area contributed by atoms with E-state index in [4.69, 9.17) is 33.0 Å². The molecule has 0 bridgehead atoms. The van der Waals surface area contributed by atoms with Gasteiger partial charge in [-0.05, 0) is 17.7 Å². The highest BCUT2D eigenvalue weighted by atomic mass is 35.5. The summed E-state index contributed by atoms with van der Waals surface area (Å²) < 4.78 is 6.82. The Hall–Kier alpha value is -5.00. The van der Waals surface area contributed by atoms with Crippen molar-refractivity contribution in [3.05, 3.63) is 93.1 Å². The molecular weight excluding hydrogens is 595 g/mol. The van der Waals surface area contributed by atoms with E-state index in [9.17, 15) is 14.4 Å². The molecule has 13 heteroatoms. The molecule has 1 fully saturated rings. The molecule has 1 amide bonds. The first-order valence-electron chi connectivity index (χ1n) is 13.0. The molecule has 0 atom stereocenters. The maximum atomic E-state index is 12.5. The summed E-state index contributed by atoms with van der Waals surface area (Å²) in [5.41, 5.74) is 3.78. The van der Waals surface area contributed by atoms with E-state index in [0.717, 1.165) is 5.56 Å². The SMILES string of the molecule is COc1nc(-c2cccc(-c3cccc(-c4ccn5c(=O)c(C=O)cnc5c4)c3Cl)c2Cl)cnc1N1CC(NC(=O)O)C1. The van der Waals surface area contributed by atoms with Crippen molar-refractivity contribution >= 4 is 47.0 Å². The highest BCUT2D eigenvalue weighted by Gasteiger charge is 2.31. The minimum atomic E-state index is -1.07. The van der Waals surface area contributed by atoms with Crippen LogP contribution in [0.4, 0.5) is 10.6 Å². The Balaban J connectivity index is 1.34. The van der Waals surface area contributed by atoms with Crippen molar-refractivity contribution in [3.63, 3.8) is 0 Å². The standard InChI is InChI=1S/C30H22Cl2N6O5/c1-43-28-27(37-13-18(14-37)35-30(41)42)34-12-23(36-28)22-7-3-6-21(26(22)32)20-5-2-4-19(25(20)31)16-8-9-38-24(10-16)33-11-17(15-39)29(38)40/h2-12,15,18,35H,13-14H2,1H3,(H,41,42). The largest absolute Gasteiger partial charge is 0.478 e. The van der Waals surface area contributed by atoms with E-state index in [0.29, 0.717) is 68.8 Å². The number of aromatic nitrogens is 4. The first kappa shape index (κ1) is 28.1. The third kappa shape index (κ3) is 5.13. The van der Waals surface area contributed by atoms with Crippen molar-refractivity contribution in [1.29, 1.82) is 0 Å². The van der Waals surface area contributed by atoms with Gasteiger partial charge < -0.3 is 20.1 Å². The first-order chi connectivity index (χ1) is 20.8. The number of anilines is 1. The number of nitrogens with zero attached hydrogens (tertiary/aromatic N) is 5. The van der Waals surface area contributed by atoms with Crippen molar-refractivity contribution in [2.24, 2.45) is 0 Å². The molecule has 0 saturated carbocycles. The molecule has 1 aliphatic rings. The lowest BCUT2D eigenvalue weighted by Crippen LogP contribution is -2.59. The lowest BCUT2D eigenvalue weighted by atomic mass is 9.97. The first-order valence-corrected chi connectivity index (χ1v) is 13.7. The fourth-order valence-electron chi connectivity index (χ4n) is 5.01. The summed E-state index contributed by atoms with van der Waals surface area (Å²) >= 11 is 13.9. The zero-order valence-corrected chi connectivity index (χ0v) is 24.0. The predicted molar refractivity (Wildman–Crippen MR) is 162 cm³/mol. The number of ether oxygens (including phenoxy) is 1. The average Bonchev–Trinajstić information content (AvgIpc) is 2.99. The third-order valence-electron chi connectivity index (χ3n) is 7.16. The molecular formula is C30H22Cl2N6O5. The van der Waals surface area contributed by atoms with Crippen LogP contribution >= 0.6 is 23.2 Å². The van der Waals surface area contributed by atoms with Crippen LogP contribution in [0.15, 0.2) is 71.9 Å². The summed E-state index contributed by atoms with van der Waals surface area (Å²) in [6.07, 6.45) is 3.81. The molecule has 0 spiro atoms. The van der Waals surface area contributed by atoms with Gasteiger partial charge >= 0.3 is 6.09 Å². The molecule has 0 radical (unpaired) electrons. The molecule has 4 heterocycles. The smallest absolute Gasteiger partial charge is 0.405 e. The van der Waals surface area contributed by atoms with Gasteiger partial charge in [-0.2, -0.15) is 0 Å². The van der Waals surface area contributed by atoms with E-state index in [1.165, 1.54) is 17.7 Å². The highest BCUT2D eigenvalue weighted by Crippen LogP contribution is 2.42. The summed E-state index contributed by atoms with van der Waals surface area (Å²) in [4.78, 5) is 49.8. The van der Waals surface area contributed by atoms with Gasteiger partial charge in [-0.25, -0.2) is 19.7 Å². The van der Waals surface area contributed by atoms with E-state index >= 15 is 0 Å². The molecule has 3 aromatic heterocycles. The van der Waals surface area contributed by atoms with Crippen LogP contribution in [0.5, 0.6) is 5.88 Å². The number of halogens is 2. The van der Waals surface area contributed by atoms with E-state index in [1.807, 2.05) is 41.3 Å². The number of pyridine rings is 1. The second kappa shape index (κ2) is 11.3. The summed E-state index contributed by atoms with van der Waals surface area (Å²) in [6.45, 7) is 0.900. The van der Waals surface area contributed by atoms with E-state index < -0.39 is 11.7 Å². The van der Waals surface area contributed by atoms with Crippen LogP contribution in [0.1, 0.15) is 10.4 Å². The van der Waals surface area contributed by atoms with Crippen LogP contribution in [0.3, 0.4) is 0 Å². The van der Waals surface area contributed by atoms with Crippen molar-refractivity contribution in [2.75, 3.05) is 25.1 Å². The zero-order valence-electron chi connectivity index (χ0n) is 22.5. The zero-order chi connectivity index (χ0) is 30.2.